The van der Waals surface area contributed by atoms with Crippen LogP contribution in [0.4, 0.5) is 0 Å². The highest BCUT2D eigenvalue weighted by Gasteiger charge is 2.07. The molecule has 112 valence electrons. The van der Waals surface area contributed by atoms with Gasteiger partial charge in [-0.15, -0.1) is 5.10 Å². The van der Waals surface area contributed by atoms with Gasteiger partial charge in [-0.2, -0.15) is 0 Å². The molecule has 0 radical (unpaired) electrons. The van der Waals surface area contributed by atoms with Gasteiger partial charge in [0.1, 0.15) is 0 Å². The molecule has 0 saturated carbocycles. The number of halogens is 1. The number of hydrogen-bond donors (Lipinski definition) is 1. The quantitative estimate of drug-likeness (QED) is 0.758. The highest BCUT2D eigenvalue weighted by atomic mass is 35.5. The first kappa shape index (κ1) is 15.4. The molecule has 0 aliphatic rings. The molecule has 7 heteroatoms. The first-order valence-electron chi connectivity index (χ1n) is 6.86. The number of carbonyl (C=O) groups is 1. The molecule has 0 atom stereocenters. The molecule has 21 heavy (non-hydrogen) atoms. The van der Waals surface area contributed by atoms with E-state index in [2.05, 4.69) is 15.5 Å². The summed E-state index contributed by atoms with van der Waals surface area (Å²) in [5.74, 6) is 0.0522. The van der Waals surface area contributed by atoms with Crippen molar-refractivity contribution in [2.45, 2.75) is 38.6 Å². The van der Waals surface area contributed by atoms with E-state index in [1.807, 2.05) is 24.3 Å². The lowest BCUT2D eigenvalue weighted by Crippen LogP contribution is -2.07. The Morgan fingerprint density at radius 2 is 1.95 bits per heavy atom. The van der Waals surface area contributed by atoms with E-state index < -0.39 is 5.97 Å². The van der Waals surface area contributed by atoms with Gasteiger partial charge < -0.3 is 5.11 Å². The average Bonchev–Trinajstić information content (AvgIpc) is 2.88. The lowest BCUT2D eigenvalue weighted by atomic mass is 10.1. The molecule has 1 heterocycles. The third-order valence-corrected chi connectivity index (χ3v) is 3.39. The van der Waals surface area contributed by atoms with E-state index in [0.717, 1.165) is 24.2 Å². The number of carboxylic acid groups (broad SMARTS) is 1. The Labute approximate surface area is 127 Å². The number of aromatic nitrogens is 4. The third-order valence-electron chi connectivity index (χ3n) is 3.14. The first-order chi connectivity index (χ1) is 10.1. The highest BCUT2D eigenvalue weighted by molar-refractivity contribution is 6.30. The minimum absolute atomic E-state index is 0.216. The zero-order valence-electron chi connectivity index (χ0n) is 11.6. The van der Waals surface area contributed by atoms with Gasteiger partial charge in [-0.1, -0.05) is 30.2 Å². The van der Waals surface area contributed by atoms with Crippen molar-refractivity contribution in [2.24, 2.45) is 0 Å². The fourth-order valence-corrected chi connectivity index (χ4v) is 2.15. The van der Waals surface area contributed by atoms with Crippen molar-refractivity contribution >= 4 is 17.6 Å². The maximum absolute atomic E-state index is 10.4. The summed E-state index contributed by atoms with van der Waals surface area (Å²) in [5.41, 5.74) is 1.10. The van der Waals surface area contributed by atoms with Gasteiger partial charge in [0.05, 0.1) is 0 Å². The van der Waals surface area contributed by atoms with Gasteiger partial charge in [-0.25, -0.2) is 4.68 Å². The van der Waals surface area contributed by atoms with E-state index in [4.69, 9.17) is 16.7 Å². The normalized spacial score (nSPS) is 10.7. The molecule has 1 aromatic heterocycles. The van der Waals surface area contributed by atoms with Crippen LogP contribution in [-0.4, -0.2) is 31.3 Å². The maximum atomic E-state index is 10.4. The maximum Gasteiger partial charge on any atom is 0.303 e. The van der Waals surface area contributed by atoms with Crippen molar-refractivity contribution in [1.82, 2.24) is 20.2 Å². The number of carboxylic acids is 1. The van der Waals surface area contributed by atoms with Crippen molar-refractivity contribution in [3.63, 3.8) is 0 Å². The molecule has 0 amide bonds. The van der Waals surface area contributed by atoms with Gasteiger partial charge in [0.25, 0.3) is 0 Å². The molecule has 0 bridgehead atoms. The monoisotopic (exact) mass is 308 g/mol. The number of rotatable bonds is 8. The standard InChI is InChI=1S/C14H17ClN4O2/c15-12-7-5-11(6-8-12)10-13-16-17-18-19(13)9-3-1-2-4-14(20)21/h5-8H,1-4,9-10H2,(H,20,21). The van der Waals surface area contributed by atoms with Crippen LogP contribution in [0.1, 0.15) is 37.1 Å². The lowest BCUT2D eigenvalue weighted by molar-refractivity contribution is -0.137. The zero-order valence-corrected chi connectivity index (χ0v) is 12.3. The van der Waals surface area contributed by atoms with E-state index >= 15 is 0 Å². The molecule has 0 saturated heterocycles. The van der Waals surface area contributed by atoms with Crippen molar-refractivity contribution in [3.05, 3.63) is 40.7 Å². The summed E-state index contributed by atoms with van der Waals surface area (Å²) in [5, 5.41) is 21.0. The average molecular weight is 309 g/mol. The van der Waals surface area contributed by atoms with Gasteiger partial charge in [-0.05, 0) is 41.0 Å². The molecular weight excluding hydrogens is 292 g/mol. The number of aryl methyl sites for hydroxylation is 1. The predicted molar refractivity (Wildman–Crippen MR) is 78.2 cm³/mol. The number of unbranched alkanes of at least 4 members (excludes halogenated alkanes) is 2. The van der Waals surface area contributed by atoms with Crippen LogP contribution in [0, 0.1) is 0 Å². The number of nitrogens with zero attached hydrogens (tertiary/aromatic N) is 4. The minimum atomic E-state index is -0.749. The van der Waals surface area contributed by atoms with Crippen LogP contribution in [0.5, 0.6) is 0 Å². The summed E-state index contributed by atoms with van der Waals surface area (Å²) in [7, 11) is 0. The molecule has 0 aliphatic heterocycles. The van der Waals surface area contributed by atoms with Crippen molar-refractivity contribution in [2.75, 3.05) is 0 Å². The van der Waals surface area contributed by atoms with Crippen LogP contribution in [0.2, 0.25) is 5.02 Å². The largest absolute Gasteiger partial charge is 0.481 e. The van der Waals surface area contributed by atoms with Crippen molar-refractivity contribution in [1.29, 1.82) is 0 Å². The number of benzene rings is 1. The Morgan fingerprint density at radius 3 is 2.67 bits per heavy atom. The Hall–Kier alpha value is -1.95. The summed E-state index contributed by atoms with van der Waals surface area (Å²) < 4.78 is 1.77. The molecule has 6 nitrogen and oxygen atoms in total. The van der Waals surface area contributed by atoms with E-state index in [9.17, 15) is 4.79 Å². The number of aliphatic carboxylic acids is 1. The van der Waals surface area contributed by atoms with E-state index in [-0.39, 0.29) is 6.42 Å². The van der Waals surface area contributed by atoms with E-state index in [0.29, 0.717) is 24.4 Å². The predicted octanol–water partition coefficient (Wildman–Crippen LogP) is 2.56. The zero-order chi connectivity index (χ0) is 15.1. The second-order valence-corrected chi connectivity index (χ2v) is 5.26. The fraction of sp³-hybridized carbons (Fsp3) is 0.429. The second-order valence-electron chi connectivity index (χ2n) is 4.83. The van der Waals surface area contributed by atoms with Crippen LogP contribution in [-0.2, 0) is 17.8 Å². The Bertz CT molecular complexity index is 583. The van der Waals surface area contributed by atoms with Crippen molar-refractivity contribution < 1.29 is 9.90 Å². The third kappa shape index (κ3) is 5.15. The van der Waals surface area contributed by atoms with Crippen molar-refractivity contribution in [3.8, 4) is 0 Å². The topological polar surface area (TPSA) is 80.9 Å². The molecule has 2 aromatic rings. The van der Waals surface area contributed by atoms with Gasteiger partial charge in [-0.3, -0.25) is 4.79 Å². The van der Waals surface area contributed by atoms with Crippen LogP contribution >= 0.6 is 11.6 Å². The Balaban J connectivity index is 1.84. The highest BCUT2D eigenvalue weighted by Crippen LogP contribution is 2.12. The summed E-state index contributed by atoms with van der Waals surface area (Å²) in [6, 6.07) is 7.59. The van der Waals surface area contributed by atoms with E-state index in [1.54, 1.807) is 4.68 Å². The molecule has 1 N–H and O–H groups in total. The molecule has 0 unspecified atom stereocenters. The summed E-state index contributed by atoms with van der Waals surface area (Å²) >= 11 is 5.86. The summed E-state index contributed by atoms with van der Waals surface area (Å²) in [6.07, 6.45) is 3.27. The molecule has 0 aliphatic carbocycles. The van der Waals surface area contributed by atoms with Crippen LogP contribution in [0.25, 0.3) is 0 Å². The summed E-state index contributed by atoms with van der Waals surface area (Å²) in [4.78, 5) is 10.4. The van der Waals surface area contributed by atoms with Gasteiger partial charge in [0.15, 0.2) is 5.82 Å². The first-order valence-corrected chi connectivity index (χ1v) is 7.24. The van der Waals surface area contributed by atoms with Gasteiger partial charge in [0, 0.05) is 24.4 Å². The van der Waals surface area contributed by atoms with Crippen LogP contribution in [0.3, 0.4) is 0 Å². The second kappa shape index (κ2) is 7.73. The Morgan fingerprint density at radius 1 is 1.19 bits per heavy atom. The smallest absolute Gasteiger partial charge is 0.303 e. The number of hydrogen-bond acceptors (Lipinski definition) is 4. The fourth-order valence-electron chi connectivity index (χ4n) is 2.02. The van der Waals surface area contributed by atoms with E-state index in [1.165, 1.54) is 0 Å². The lowest BCUT2D eigenvalue weighted by Gasteiger charge is -2.04. The molecule has 1 aromatic carbocycles. The number of tetrazole rings is 1. The minimum Gasteiger partial charge on any atom is -0.481 e. The van der Waals surface area contributed by atoms with Crippen LogP contribution in [0.15, 0.2) is 24.3 Å². The molecular formula is C14H17ClN4O2. The van der Waals surface area contributed by atoms with Gasteiger partial charge >= 0.3 is 5.97 Å². The summed E-state index contributed by atoms with van der Waals surface area (Å²) in [6.45, 7) is 0.704. The van der Waals surface area contributed by atoms with Gasteiger partial charge in [0.2, 0.25) is 0 Å². The van der Waals surface area contributed by atoms with Crippen LogP contribution < -0.4 is 0 Å². The molecule has 0 fully saturated rings. The molecule has 0 spiro atoms. The Kier molecular flexibility index (Phi) is 5.68. The SMILES string of the molecule is O=C(O)CCCCCn1nnnc1Cc1ccc(Cl)cc1. The molecule has 2 rings (SSSR count).